The number of aromatic nitrogens is 1. The molecular formula is C56H75N11O12S2. The molecule has 0 fully saturated rings. The lowest BCUT2D eigenvalue weighted by atomic mass is 10.00. The number of carbonyl (C=O) groups is 9. The zero-order valence-corrected chi connectivity index (χ0v) is 47.3. The molecular weight excluding hydrogens is 1080 g/mol. The number of nitrogens with one attached hydrogen (secondary N) is 8. The number of phenolic OH excluding ortho intramolecular Hbond substituents is 1. The second kappa shape index (κ2) is 32.5. The fourth-order valence-electron chi connectivity index (χ4n) is 8.50. The highest BCUT2D eigenvalue weighted by molar-refractivity contribution is 7.80. The smallest absolute Gasteiger partial charge is 0.300 e. The molecule has 1 aromatic heterocycles. The van der Waals surface area contributed by atoms with E-state index in [0.717, 1.165) is 34.2 Å². The normalized spacial score (nSPS) is 14.4. The summed E-state index contributed by atoms with van der Waals surface area (Å²) in [6, 6.07) is 16.2. The summed E-state index contributed by atoms with van der Waals surface area (Å²) in [5.74, 6) is -8.34. The number of hydrogen-bond acceptors (Lipinski definition) is 15. The van der Waals surface area contributed by atoms with Gasteiger partial charge in [-0.15, -0.1) is 0 Å². The van der Waals surface area contributed by atoms with Crippen LogP contribution in [0.3, 0.4) is 0 Å². The van der Waals surface area contributed by atoms with Gasteiger partial charge >= 0.3 is 0 Å². The van der Waals surface area contributed by atoms with Crippen molar-refractivity contribution in [3.63, 3.8) is 0 Å². The molecule has 0 aliphatic carbocycles. The minimum absolute atomic E-state index is 0.0459. The van der Waals surface area contributed by atoms with Crippen LogP contribution in [0.2, 0.25) is 0 Å². The molecule has 5 rings (SSSR count). The summed E-state index contributed by atoms with van der Waals surface area (Å²) < 4.78 is 0. The fourth-order valence-corrected chi connectivity index (χ4v) is 9.01. The third-order valence-electron chi connectivity index (χ3n) is 12.9. The number of aliphatic hydroxyl groups is 1. The van der Waals surface area contributed by atoms with Crippen molar-refractivity contribution in [3.05, 3.63) is 114 Å². The second-order valence-electron chi connectivity index (χ2n) is 19.8. The van der Waals surface area contributed by atoms with E-state index in [2.05, 4.69) is 67.5 Å². The van der Waals surface area contributed by atoms with Crippen molar-refractivity contribution in [1.82, 2.24) is 42.2 Å². The number of unbranched alkanes of at least 4 members (excludes halogenated alkanes) is 1. The first-order valence-electron chi connectivity index (χ1n) is 26.2. The van der Waals surface area contributed by atoms with Crippen LogP contribution in [0.1, 0.15) is 63.6 Å². The van der Waals surface area contributed by atoms with Gasteiger partial charge in [-0.2, -0.15) is 25.3 Å². The maximum Gasteiger partial charge on any atom is 0.300 e. The monoisotopic (exact) mass is 1160 g/mol. The Labute approximate surface area is 480 Å². The number of fused-ring (bicyclic) bond motifs is 2. The van der Waals surface area contributed by atoms with Gasteiger partial charge in [0.1, 0.15) is 48.0 Å². The predicted molar refractivity (Wildman–Crippen MR) is 313 cm³/mol. The molecule has 8 amide bonds. The standard InChI is InChI=1S/C54H71N11O10S2.C2H4O2/c1-29(2)45(54(75)63-44(28-77)53(74)65-46(30(3)66)47(57)68)64-49(70)40(14-8-9-21-55)59-51(72)42(25-35-26-58-39-13-7-6-12-37(35)39)61-50(71)41(24-31-16-19-36(67)20-17-31)60-52(73)43(27-76)62-48(69)38(56)23-32-15-18-33-10-4-5-11-34(33)22-32;1-2(3)4/h4-7,10-13,15-20,22,26,29-30,38,40-46,58,66-67,76-77H,8-9,14,21,23-25,27-28,55-56H2,1-3H3,(H2,57,68)(H,59,72)(H,60,73)(H,61,71)(H,62,69)(H,63,75)(H,64,70)(H,65,74);1H3,(H,3,4)/t30-,38-,40+,41+,42-,43+,44+,45+,46+;/m1./s1. The molecule has 17 N–H and O–H groups in total. The minimum atomic E-state index is -1.46. The largest absolute Gasteiger partial charge is 0.508 e. The molecule has 9 atom stereocenters. The zero-order valence-electron chi connectivity index (χ0n) is 45.5. The number of H-pyrrole nitrogens is 1. The topological polar surface area (TPSA) is 392 Å². The van der Waals surface area contributed by atoms with E-state index in [1.165, 1.54) is 19.1 Å². The molecule has 1 heterocycles. The van der Waals surface area contributed by atoms with Crippen LogP contribution in [0.15, 0.2) is 97.2 Å². The van der Waals surface area contributed by atoms with Crippen LogP contribution < -0.4 is 54.4 Å². The number of aromatic amines is 1. The first-order valence-corrected chi connectivity index (χ1v) is 27.5. The Hall–Kier alpha value is -7.71. The predicted octanol–water partition coefficient (Wildman–Crippen LogP) is 0.377. The summed E-state index contributed by atoms with van der Waals surface area (Å²) in [6.07, 6.45) is 1.12. The van der Waals surface area contributed by atoms with E-state index >= 15 is 0 Å². The van der Waals surface area contributed by atoms with E-state index in [1.807, 2.05) is 60.7 Å². The first-order chi connectivity index (χ1) is 38.5. The molecule has 0 radical (unpaired) electrons. The number of rotatable bonds is 29. The highest BCUT2D eigenvalue weighted by atomic mass is 32.1. The van der Waals surface area contributed by atoms with E-state index in [1.54, 1.807) is 38.2 Å². The van der Waals surface area contributed by atoms with E-state index in [4.69, 9.17) is 27.1 Å². The molecule has 25 heteroatoms. The number of phenols is 1. The third-order valence-corrected chi connectivity index (χ3v) is 13.6. The van der Waals surface area contributed by atoms with Crippen LogP contribution in [-0.2, 0) is 62.4 Å². The van der Waals surface area contributed by atoms with Crippen molar-refractivity contribution >= 4 is 100 Å². The SMILES string of the molecule is CC(=O)O.CC(C)[C@H](NC(=O)[C@H](CCCCN)NC(=O)[C@@H](Cc1c[nH]c2ccccc12)NC(=O)[C@H](Cc1ccc(O)cc1)NC(=O)[C@H](CS)NC(=O)[C@H](N)Cc1ccc2ccccc2c1)C(=O)N[C@@H](CS)C(=O)N[C@H](C(N)=O)[C@@H](C)O. The Balaban J connectivity index is 0.00000341. The van der Waals surface area contributed by atoms with Gasteiger partial charge in [-0.3, -0.25) is 43.2 Å². The molecule has 5 aromatic rings. The number of carboxylic acid groups (broad SMARTS) is 1. The van der Waals surface area contributed by atoms with E-state index in [0.29, 0.717) is 24.0 Å². The van der Waals surface area contributed by atoms with Crippen LogP contribution in [-0.4, -0.2) is 146 Å². The number of primary amides is 1. The van der Waals surface area contributed by atoms with E-state index in [-0.39, 0.29) is 49.5 Å². The number of aromatic hydroxyl groups is 1. The summed E-state index contributed by atoms with van der Waals surface area (Å²) in [5.41, 5.74) is 20.2. The summed E-state index contributed by atoms with van der Waals surface area (Å²) in [6.45, 7) is 5.89. The average Bonchev–Trinajstić information content (AvgIpc) is 3.84. The van der Waals surface area contributed by atoms with Crippen molar-refractivity contribution in [2.24, 2.45) is 23.1 Å². The van der Waals surface area contributed by atoms with Crippen LogP contribution >= 0.6 is 25.3 Å². The van der Waals surface area contributed by atoms with Gasteiger partial charge in [0.05, 0.1) is 12.1 Å². The first kappa shape index (κ1) is 65.8. The van der Waals surface area contributed by atoms with Gasteiger partial charge in [0, 0.05) is 48.4 Å². The maximum atomic E-state index is 14.8. The third kappa shape index (κ3) is 20.7. The summed E-state index contributed by atoms with van der Waals surface area (Å²) in [4.78, 5) is 122. The highest BCUT2D eigenvalue weighted by Crippen LogP contribution is 2.21. The van der Waals surface area contributed by atoms with Gasteiger partial charge in [-0.05, 0) is 90.7 Å². The quantitative estimate of drug-likeness (QED) is 0.0228. The van der Waals surface area contributed by atoms with Gasteiger partial charge in [0.2, 0.25) is 47.3 Å². The fraction of sp³-hybridized carbons (Fsp3) is 0.411. The Bertz CT molecular complexity index is 2960. The van der Waals surface area contributed by atoms with Gasteiger partial charge in [0.15, 0.2) is 0 Å². The number of amides is 8. The van der Waals surface area contributed by atoms with Crippen molar-refractivity contribution < 1.29 is 58.5 Å². The number of carboxylic acids is 1. The van der Waals surface area contributed by atoms with Gasteiger partial charge in [-0.25, -0.2) is 0 Å². The van der Waals surface area contributed by atoms with Crippen molar-refractivity contribution in [2.75, 3.05) is 18.1 Å². The molecule has 23 nitrogen and oxygen atoms in total. The van der Waals surface area contributed by atoms with Crippen LogP contribution in [0.4, 0.5) is 0 Å². The lowest BCUT2D eigenvalue weighted by molar-refractivity contribution is -0.136. The Morgan fingerprint density at radius 2 is 1.07 bits per heavy atom. The molecule has 0 aliphatic rings. The van der Waals surface area contributed by atoms with Gasteiger partial charge in [0.25, 0.3) is 5.97 Å². The Kier molecular flexibility index (Phi) is 26.4. The lowest BCUT2D eigenvalue weighted by Gasteiger charge is -2.29. The van der Waals surface area contributed by atoms with Gasteiger partial charge in [-0.1, -0.05) is 86.6 Å². The summed E-state index contributed by atoms with van der Waals surface area (Å²) in [5, 5.41) is 48.7. The van der Waals surface area contributed by atoms with Crippen LogP contribution in [0, 0.1) is 5.92 Å². The van der Waals surface area contributed by atoms with E-state index in [9.17, 15) is 48.6 Å². The van der Waals surface area contributed by atoms with Crippen molar-refractivity contribution in [2.45, 2.75) is 121 Å². The number of aliphatic carboxylic acids is 1. The highest BCUT2D eigenvalue weighted by Gasteiger charge is 2.36. The molecule has 0 saturated carbocycles. The molecule has 0 bridgehead atoms. The average molecular weight is 1160 g/mol. The molecule has 81 heavy (non-hydrogen) atoms. The summed E-state index contributed by atoms with van der Waals surface area (Å²) >= 11 is 8.54. The van der Waals surface area contributed by atoms with Gasteiger partial charge < -0.3 is 74.7 Å². The number of carbonyl (C=O) groups excluding carboxylic acids is 8. The van der Waals surface area contributed by atoms with Crippen LogP contribution in [0.25, 0.3) is 21.7 Å². The zero-order chi connectivity index (χ0) is 59.9. The number of aliphatic hydroxyl groups excluding tert-OH is 1. The maximum absolute atomic E-state index is 14.8. The van der Waals surface area contributed by atoms with Crippen LogP contribution in [0.5, 0.6) is 5.75 Å². The lowest BCUT2D eigenvalue weighted by Crippen LogP contribution is -2.62. The molecule has 0 saturated heterocycles. The Morgan fingerprint density at radius 1 is 0.580 bits per heavy atom. The van der Waals surface area contributed by atoms with Crippen molar-refractivity contribution in [1.29, 1.82) is 0 Å². The minimum Gasteiger partial charge on any atom is -0.508 e. The number of thiol groups is 2. The number of hydrogen-bond donors (Lipinski definition) is 16. The molecule has 0 aliphatic heterocycles. The number of nitrogens with two attached hydrogens (primary N) is 3. The molecule has 0 spiro atoms. The number of para-hydroxylation sites is 1. The number of benzene rings is 4. The molecule has 4 aromatic carbocycles. The van der Waals surface area contributed by atoms with E-state index < -0.39 is 114 Å². The van der Waals surface area contributed by atoms with Crippen molar-refractivity contribution in [3.8, 4) is 5.75 Å². The molecule has 0 unspecified atom stereocenters. The second-order valence-corrected chi connectivity index (χ2v) is 20.5. The summed E-state index contributed by atoms with van der Waals surface area (Å²) in [7, 11) is 0. The Morgan fingerprint density at radius 3 is 1.65 bits per heavy atom. The molecule has 438 valence electrons.